The number of hydrogen-bond acceptors (Lipinski definition) is 3. The monoisotopic (exact) mass is 209 g/mol. The molecule has 4 heteroatoms. The summed E-state index contributed by atoms with van der Waals surface area (Å²) in [6, 6.07) is 2.13. The van der Waals surface area contributed by atoms with Gasteiger partial charge in [0.25, 0.3) is 0 Å². The van der Waals surface area contributed by atoms with Crippen LogP contribution >= 0.6 is 0 Å². The van der Waals surface area contributed by atoms with Gasteiger partial charge in [-0.05, 0) is 32.1 Å². The zero-order valence-corrected chi connectivity index (χ0v) is 9.25. The van der Waals surface area contributed by atoms with Crippen molar-refractivity contribution in [1.82, 2.24) is 5.32 Å². The molecule has 0 radical (unpaired) electrons. The second kappa shape index (κ2) is 5.13. The molecule has 0 bridgehead atoms. The van der Waals surface area contributed by atoms with Crippen molar-refractivity contribution in [1.29, 1.82) is 5.26 Å². The van der Waals surface area contributed by atoms with Gasteiger partial charge in [-0.25, -0.2) is 0 Å². The van der Waals surface area contributed by atoms with Crippen molar-refractivity contribution in [3.8, 4) is 6.07 Å². The lowest BCUT2D eigenvalue weighted by Gasteiger charge is -2.30. The predicted octanol–water partition coefficient (Wildman–Crippen LogP) is 0.924. The highest BCUT2D eigenvalue weighted by Crippen LogP contribution is 2.29. The lowest BCUT2D eigenvalue weighted by atomic mass is 9.77. The van der Waals surface area contributed by atoms with E-state index in [0.717, 1.165) is 25.8 Å². The normalized spacial score (nSPS) is 30.6. The van der Waals surface area contributed by atoms with Crippen molar-refractivity contribution in [2.75, 3.05) is 6.54 Å². The van der Waals surface area contributed by atoms with E-state index in [1.807, 2.05) is 6.92 Å². The Labute approximate surface area is 90.8 Å². The third-order valence-corrected chi connectivity index (χ3v) is 3.02. The Bertz CT molecular complexity index is 261. The first-order valence-corrected chi connectivity index (χ1v) is 5.59. The largest absolute Gasteiger partial charge is 0.356 e. The molecular weight excluding hydrogens is 190 g/mol. The molecule has 0 unspecified atom stereocenters. The molecule has 1 aliphatic rings. The summed E-state index contributed by atoms with van der Waals surface area (Å²) in [5.74, 6) is 0.179. The summed E-state index contributed by atoms with van der Waals surface area (Å²) in [5, 5.41) is 11.7. The van der Waals surface area contributed by atoms with Gasteiger partial charge in [0, 0.05) is 12.5 Å². The maximum absolute atomic E-state index is 11.6. The topological polar surface area (TPSA) is 78.9 Å². The summed E-state index contributed by atoms with van der Waals surface area (Å²) in [4.78, 5) is 11.6. The highest BCUT2D eigenvalue weighted by molar-refractivity contribution is 5.78. The zero-order valence-electron chi connectivity index (χ0n) is 9.25. The van der Waals surface area contributed by atoms with E-state index in [-0.39, 0.29) is 11.8 Å². The van der Waals surface area contributed by atoms with Crippen LogP contribution in [-0.4, -0.2) is 18.0 Å². The average Bonchev–Trinajstić information content (AvgIpc) is 2.27. The molecule has 1 amide bonds. The molecule has 0 spiro atoms. The number of nitriles is 1. The van der Waals surface area contributed by atoms with Crippen molar-refractivity contribution in [3.63, 3.8) is 0 Å². The molecule has 1 fully saturated rings. The minimum atomic E-state index is -0.693. The highest BCUT2D eigenvalue weighted by Gasteiger charge is 2.34. The van der Waals surface area contributed by atoms with E-state index < -0.39 is 5.54 Å². The van der Waals surface area contributed by atoms with Crippen LogP contribution in [0, 0.1) is 17.2 Å². The number of rotatable bonds is 3. The quantitative estimate of drug-likeness (QED) is 0.725. The Kier molecular flexibility index (Phi) is 4.10. The summed E-state index contributed by atoms with van der Waals surface area (Å²) < 4.78 is 0. The molecule has 0 aromatic carbocycles. The molecule has 0 aromatic heterocycles. The van der Waals surface area contributed by atoms with Gasteiger partial charge in [0.05, 0.1) is 6.07 Å². The van der Waals surface area contributed by atoms with Crippen LogP contribution < -0.4 is 11.1 Å². The van der Waals surface area contributed by atoms with Gasteiger partial charge in [0.2, 0.25) is 5.91 Å². The van der Waals surface area contributed by atoms with Crippen molar-refractivity contribution in [3.05, 3.63) is 0 Å². The second-order valence-corrected chi connectivity index (χ2v) is 4.33. The fourth-order valence-electron chi connectivity index (χ4n) is 1.90. The van der Waals surface area contributed by atoms with Gasteiger partial charge < -0.3 is 11.1 Å². The van der Waals surface area contributed by atoms with Gasteiger partial charge in [0.15, 0.2) is 0 Å². The Morgan fingerprint density at radius 2 is 2.20 bits per heavy atom. The smallest absolute Gasteiger partial charge is 0.223 e. The van der Waals surface area contributed by atoms with Crippen molar-refractivity contribution in [2.45, 2.75) is 44.6 Å². The SMILES string of the molecule is CCCNC(=O)C1CCC(N)(C#N)CC1. The van der Waals surface area contributed by atoms with E-state index in [1.54, 1.807) is 0 Å². The van der Waals surface area contributed by atoms with Gasteiger partial charge in [-0.2, -0.15) is 5.26 Å². The summed E-state index contributed by atoms with van der Waals surface area (Å²) in [7, 11) is 0. The van der Waals surface area contributed by atoms with Crippen LogP contribution in [0.3, 0.4) is 0 Å². The van der Waals surface area contributed by atoms with Gasteiger partial charge in [-0.1, -0.05) is 6.92 Å². The van der Waals surface area contributed by atoms with Crippen molar-refractivity contribution < 1.29 is 4.79 Å². The Hall–Kier alpha value is -1.08. The number of nitrogens with zero attached hydrogens (tertiary/aromatic N) is 1. The second-order valence-electron chi connectivity index (χ2n) is 4.33. The molecule has 4 nitrogen and oxygen atoms in total. The van der Waals surface area contributed by atoms with Crippen LogP contribution in [0.2, 0.25) is 0 Å². The first-order valence-electron chi connectivity index (χ1n) is 5.59. The van der Waals surface area contributed by atoms with E-state index in [4.69, 9.17) is 11.0 Å². The van der Waals surface area contributed by atoms with Crippen LogP contribution in [0.15, 0.2) is 0 Å². The molecule has 0 saturated heterocycles. The summed E-state index contributed by atoms with van der Waals surface area (Å²) in [5.41, 5.74) is 5.14. The van der Waals surface area contributed by atoms with Crippen LogP contribution in [0.25, 0.3) is 0 Å². The summed E-state index contributed by atoms with van der Waals surface area (Å²) in [6.07, 6.45) is 3.69. The first-order chi connectivity index (χ1) is 7.11. The van der Waals surface area contributed by atoms with E-state index in [1.165, 1.54) is 0 Å². The third kappa shape index (κ3) is 3.21. The Balaban J connectivity index is 2.38. The van der Waals surface area contributed by atoms with Crippen LogP contribution in [0.1, 0.15) is 39.0 Å². The number of nitrogens with one attached hydrogen (secondary N) is 1. The lowest BCUT2D eigenvalue weighted by Crippen LogP contribution is -2.44. The van der Waals surface area contributed by atoms with Crippen molar-refractivity contribution >= 4 is 5.91 Å². The van der Waals surface area contributed by atoms with Gasteiger partial charge in [-0.15, -0.1) is 0 Å². The van der Waals surface area contributed by atoms with E-state index in [9.17, 15) is 4.79 Å². The molecule has 1 aliphatic carbocycles. The summed E-state index contributed by atoms with van der Waals surface area (Å²) in [6.45, 7) is 2.77. The molecule has 15 heavy (non-hydrogen) atoms. The van der Waals surface area contributed by atoms with E-state index >= 15 is 0 Å². The number of nitrogens with two attached hydrogens (primary N) is 1. The standard InChI is InChI=1S/C11H19N3O/c1-2-7-14-10(15)9-3-5-11(13,8-12)6-4-9/h9H,2-7,13H2,1H3,(H,14,15). The minimum Gasteiger partial charge on any atom is -0.356 e. The maximum Gasteiger partial charge on any atom is 0.223 e. The maximum atomic E-state index is 11.6. The highest BCUT2D eigenvalue weighted by atomic mass is 16.1. The summed E-state index contributed by atoms with van der Waals surface area (Å²) >= 11 is 0. The Morgan fingerprint density at radius 1 is 1.60 bits per heavy atom. The van der Waals surface area contributed by atoms with Crippen LogP contribution in [-0.2, 0) is 4.79 Å². The van der Waals surface area contributed by atoms with Gasteiger partial charge in [0.1, 0.15) is 5.54 Å². The molecular formula is C11H19N3O. The van der Waals surface area contributed by atoms with Crippen LogP contribution in [0.4, 0.5) is 0 Å². The average molecular weight is 209 g/mol. The van der Waals surface area contributed by atoms with Crippen LogP contribution in [0.5, 0.6) is 0 Å². The fraction of sp³-hybridized carbons (Fsp3) is 0.818. The lowest BCUT2D eigenvalue weighted by molar-refractivity contribution is -0.126. The first kappa shape index (κ1) is 12.0. The molecule has 0 atom stereocenters. The van der Waals surface area contributed by atoms with Gasteiger partial charge in [-0.3, -0.25) is 4.79 Å². The van der Waals surface area contributed by atoms with E-state index in [2.05, 4.69) is 11.4 Å². The number of carbonyl (C=O) groups is 1. The Morgan fingerprint density at radius 3 is 2.67 bits per heavy atom. The third-order valence-electron chi connectivity index (χ3n) is 3.02. The molecule has 1 rings (SSSR count). The molecule has 0 aromatic rings. The molecule has 1 saturated carbocycles. The van der Waals surface area contributed by atoms with Crippen molar-refractivity contribution in [2.24, 2.45) is 11.7 Å². The predicted molar refractivity (Wildman–Crippen MR) is 57.8 cm³/mol. The number of hydrogen-bond donors (Lipinski definition) is 2. The number of carbonyl (C=O) groups excluding carboxylic acids is 1. The molecule has 3 N–H and O–H groups in total. The van der Waals surface area contributed by atoms with Gasteiger partial charge >= 0.3 is 0 Å². The fourth-order valence-corrected chi connectivity index (χ4v) is 1.90. The zero-order chi connectivity index (χ0) is 11.3. The molecule has 0 heterocycles. The van der Waals surface area contributed by atoms with E-state index in [0.29, 0.717) is 12.8 Å². The molecule has 0 aliphatic heterocycles. The number of amides is 1. The minimum absolute atomic E-state index is 0.0570. The molecule has 84 valence electrons.